The number of carbonyl (C=O) groups excluding carboxylic acids is 1. The van der Waals surface area contributed by atoms with Gasteiger partial charge in [0, 0.05) is 44.5 Å². The lowest BCUT2D eigenvalue weighted by Gasteiger charge is -2.36. The number of ether oxygens (including phenoxy) is 1. The van der Waals surface area contributed by atoms with Crippen molar-refractivity contribution in [3.8, 4) is 0 Å². The Morgan fingerprint density at radius 3 is 2.91 bits per heavy atom. The van der Waals surface area contributed by atoms with Crippen molar-refractivity contribution in [3.05, 3.63) is 17.5 Å². The van der Waals surface area contributed by atoms with Gasteiger partial charge in [-0.2, -0.15) is 5.10 Å². The average molecular weight is 320 g/mol. The first kappa shape index (κ1) is 16.5. The molecule has 0 aromatic carbocycles. The Hall–Kier alpha value is -1.40. The van der Waals surface area contributed by atoms with E-state index in [9.17, 15) is 4.79 Å². The van der Waals surface area contributed by atoms with Crippen molar-refractivity contribution in [2.24, 2.45) is 11.1 Å². The molecule has 1 unspecified atom stereocenters. The molecule has 1 amide bonds. The minimum Gasteiger partial charge on any atom is -0.381 e. The summed E-state index contributed by atoms with van der Waals surface area (Å²) in [7, 11) is 0. The number of nitrogens with zero attached hydrogens (tertiary/aromatic N) is 2. The second kappa shape index (κ2) is 6.61. The molecule has 128 valence electrons. The van der Waals surface area contributed by atoms with Crippen LogP contribution in [0.4, 0.5) is 0 Å². The summed E-state index contributed by atoms with van der Waals surface area (Å²) in [6, 6.07) is 0.535. The summed E-state index contributed by atoms with van der Waals surface area (Å²) in [5.41, 5.74) is 7.93. The summed E-state index contributed by atoms with van der Waals surface area (Å²) in [4.78, 5) is 12.8. The number of fused-ring (bicyclic) bond motifs is 1. The van der Waals surface area contributed by atoms with Gasteiger partial charge in [-0.15, -0.1) is 0 Å². The lowest BCUT2D eigenvalue weighted by Crippen LogP contribution is -2.52. The smallest absolute Gasteiger partial charge is 0.227 e. The van der Waals surface area contributed by atoms with Crippen molar-refractivity contribution >= 4 is 5.91 Å². The number of hydrogen-bond donors (Lipinski definition) is 2. The number of aryl methyl sites for hydroxylation is 1. The van der Waals surface area contributed by atoms with E-state index < -0.39 is 5.41 Å². The van der Waals surface area contributed by atoms with Crippen LogP contribution in [0.2, 0.25) is 0 Å². The fourth-order valence-electron chi connectivity index (χ4n) is 3.52. The number of nitrogens with two attached hydrogens (primary N) is 1. The maximum absolute atomic E-state index is 12.8. The zero-order valence-electron chi connectivity index (χ0n) is 14.2. The highest BCUT2D eigenvalue weighted by Crippen LogP contribution is 2.30. The standard InChI is InChI=1S/C17H28N4O2/c1-12(2)21-10-13-3-4-14(9-15(13)20-21)19-16(22)17(11-18)5-7-23-8-6-17/h10,12,14H,3-9,11,18H2,1-2H3,(H,19,22). The van der Waals surface area contributed by atoms with E-state index in [0.717, 1.165) is 37.8 Å². The van der Waals surface area contributed by atoms with E-state index >= 15 is 0 Å². The van der Waals surface area contributed by atoms with Gasteiger partial charge in [-0.3, -0.25) is 9.48 Å². The molecule has 1 aromatic heterocycles. The third-order valence-electron chi connectivity index (χ3n) is 5.28. The quantitative estimate of drug-likeness (QED) is 0.873. The van der Waals surface area contributed by atoms with Crippen LogP contribution in [0.1, 0.15) is 50.4 Å². The second-order valence-electron chi connectivity index (χ2n) is 7.18. The second-order valence-corrected chi connectivity index (χ2v) is 7.18. The van der Waals surface area contributed by atoms with E-state index in [-0.39, 0.29) is 11.9 Å². The Balaban J connectivity index is 1.65. The first-order valence-corrected chi connectivity index (χ1v) is 8.70. The SMILES string of the molecule is CC(C)n1cc2c(n1)CC(NC(=O)C1(CN)CCOCC1)CC2. The molecule has 6 nitrogen and oxygen atoms in total. The largest absolute Gasteiger partial charge is 0.381 e. The van der Waals surface area contributed by atoms with Gasteiger partial charge in [0.25, 0.3) is 0 Å². The molecule has 0 spiro atoms. The molecule has 0 radical (unpaired) electrons. The molecule has 1 aliphatic carbocycles. The number of rotatable bonds is 4. The van der Waals surface area contributed by atoms with Gasteiger partial charge in [-0.25, -0.2) is 0 Å². The Bertz CT molecular complexity index is 561. The van der Waals surface area contributed by atoms with E-state index in [1.54, 1.807) is 0 Å². The van der Waals surface area contributed by atoms with E-state index in [4.69, 9.17) is 10.5 Å². The topological polar surface area (TPSA) is 82.2 Å². The van der Waals surface area contributed by atoms with Gasteiger partial charge in [0.2, 0.25) is 5.91 Å². The van der Waals surface area contributed by atoms with Crippen molar-refractivity contribution < 1.29 is 9.53 Å². The highest BCUT2D eigenvalue weighted by atomic mass is 16.5. The van der Waals surface area contributed by atoms with Gasteiger partial charge >= 0.3 is 0 Å². The zero-order chi connectivity index (χ0) is 16.4. The summed E-state index contributed by atoms with van der Waals surface area (Å²) in [5, 5.41) is 7.91. The molecular weight excluding hydrogens is 292 g/mol. The van der Waals surface area contributed by atoms with Crippen LogP contribution in [0.25, 0.3) is 0 Å². The van der Waals surface area contributed by atoms with Crippen molar-refractivity contribution in [3.63, 3.8) is 0 Å². The van der Waals surface area contributed by atoms with Gasteiger partial charge in [0.15, 0.2) is 0 Å². The van der Waals surface area contributed by atoms with Gasteiger partial charge in [-0.05, 0) is 45.1 Å². The molecule has 23 heavy (non-hydrogen) atoms. The fourth-order valence-corrected chi connectivity index (χ4v) is 3.52. The molecular formula is C17H28N4O2. The number of hydrogen-bond acceptors (Lipinski definition) is 4. The highest BCUT2D eigenvalue weighted by molar-refractivity contribution is 5.83. The molecule has 0 saturated carbocycles. The predicted octanol–water partition coefficient (Wildman–Crippen LogP) is 1.19. The molecule has 1 aliphatic heterocycles. The van der Waals surface area contributed by atoms with E-state index in [1.807, 2.05) is 4.68 Å². The predicted molar refractivity (Wildman–Crippen MR) is 88.1 cm³/mol. The monoisotopic (exact) mass is 320 g/mol. The van der Waals surface area contributed by atoms with Gasteiger partial charge in [0.05, 0.1) is 11.1 Å². The Morgan fingerprint density at radius 2 is 2.26 bits per heavy atom. The molecule has 3 rings (SSSR count). The molecule has 2 heterocycles. The van der Waals surface area contributed by atoms with Crippen LogP contribution in [-0.4, -0.2) is 41.5 Å². The fraction of sp³-hybridized carbons (Fsp3) is 0.765. The molecule has 3 N–H and O–H groups in total. The van der Waals surface area contributed by atoms with Crippen LogP contribution < -0.4 is 11.1 Å². The Morgan fingerprint density at radius 1 is 1.52 bits per heavy atom. The first-order valence-electron chi connectivity index (χ1n) is 8.70. The summed E-state index contributed by atoms with van der Waals surface area (Å²) in [6.07, 6.45) is 6.35. The molecule has 0 bridgehead atoms. The minimum atomic E-state index is -0.449. The number of aromatic nitrogens is 2. The van der Waals surface area contributed by atoms with E-state index in [0.29, 0.717) is 25.8 Å². The number of nitrogens with one attached hydrogen (secondary N) is 1. The third kappa shape index (κ3) is 3.28. The highest BCUT2D eigenvalue weighted by Gasteiger charge is 2.40. The maximum atomic E-state index is 12.8. The normalized spacial score (nSPS) is 23.6. The Labute approximate surface area is 137 Å². The molecule has 1 atom stereocenters. The zero-order valence-corrected chi connectivity index (χ0v) is 14.2. The van der Waals surface area contributed by atoms with Crippen molar-refractivity contribution in [2.45, 2.75) is 58.0 Å². The molecule has 1 saturated heterocycles. The van der Waals surface area contributed by atoms with Gasteiger partial charge in [-0.1, -0.05) is 0 Å². The lowest BCUT2D eigenvalue weighted by molar-refractivity contribution is -0.136. The van der Waals surface area contributed by atoms with Crippen LogP contribution in [-0.2, 0) is 22.4 Å². The van der Waals surface area contributed by atoms with Crippen LogP contribution in [0.15, 0.2) is 6.20 Å². The van der Waals surface area contributed by atoms with Crippen LogP contribution in [0.3, 0.4) is 0 Å². The summed E-state index contributed by atoms with van der Waals surface area (Å²) < 4.78 is 7.41. The van der Waals surface area contributed by atoms with Crippen molar-refractivity contribution in [2.75, 3.05) is 19.8 Å². The van der Waals surface area contributed by atoms with Crippen molar-refractivity contribution in [1.82, 2.24) is 15.1 Å². The lowest BCUT2D eigenvalue weighted by atomic mass is 9.79. The minimum absolute atomic E-state index is 0.0973. The summed E-state index contributed by atoms with van der Waals surface area (Å²) >= 11 is 0. The van der Waals surface area contributed by atoms with Crippen LogP contribution >= 0.6 is 0 Å². The first-order chi connectivity index (χ1) is 11.0. The summed E-state index contributed by atoms with van der Waals surface area (Å²) in [6.45, 7) is 5.90. The molecule has 1 fully saturated rings. The molecule has 1 aromatic rings. The van der Waals surface area contributed by atoms with E-state index in [2.05, 4.69) is 30.5 Å². The third-order valence-corrected chi connectivity index (χ3v) is 5.28. The summed E-state index contributed by atoms with van der Waals surface area (Å²) in [5.74, 6) is 0.0973. The molecule has 2 aliphatic rings. The van der Waals surface area contributed by atoms with Gasteiger partial charge < -0.3 is 15.8 Å². The van der Waals surface area contributed by atoms with Gasteiger partial charge in [0.1, 0.15) is 0 Å². The number of carbonyl (C=O) groups is 1. The maximum Gasteiger partial charge on any atom is 0.227 e. The van der Waals surface area contributed by atoms with Crippen LogP contribution in [0, 0.1) is 5.41 Å². The number of amides is 1. The Kier molecular flexibility index (Phi) is 4.73. The average Bonchev–Trinajstić information content (AvgIpc) is 2.99. The van der Waals surface area contributed by atoms with Crippen molar-refractivity contribution in [1.29, 1.82) is 0 Å². The van der Waals surface area contributed by atoms with Crippen LogP contribution in [0.5, 0.6) is 0 Å². The van der Waals surface area contributed by atoms with E-state index in [1.165, 1.54) is 5.56 Å². The molecule has 6 heteroatoms.